The van der Waals surface area contributed by atoms with E-state index in [4.69, 9.17) is 14.2 Å². The summed E-state index contributed by atoms with van der Waals surface area (Å²) >= 11 is 0. The van der Waals surface area contributed by atoms with Gasteiger partial charge in [-0.1, -0.05) is 26.3 Å². The number of ether oxygens (including phenoxy) is 3. The summed E-state index contributed by atoms with van der Waals surface area (Å²) in [5.74, 6) is 0.740. The fourth-order valence-electron chi connectivity index (χ4n) is 3.13. The summed E-state index contributed by atoms with van der Waals surface area (Å²) < 4.78 is 16.7. The fourth-order valence-corrected chi connectivity index (χ4v) is 3.13. The molecule has 29 heavy (non-hydrogen) atoms. The van der Waals surface area contributed by atoms with Crippen LogP contribution in [-0.4, -0.2) is 31.8 Å². The number of hydrogen-bond donors (Lipinski definition) is 2. The van der Waals surface area contributed by atoms with Crippen molar-refractivity contribution >= 4 is 12.0 Å². The number of carbonyl (C=O) groups excluding carboxylic acids is 2. The molecule has 2 amide bonds. The average Bonchev–Trinajstić information content (AvgIpc) is 2.69. The van der Waals surface area contributed by atoms with Crippen molar-refractivity contribution in [1.82, 2.24) is 10.6 Å². The SMILES string of the molecule is CCCCC1=C(C(=O)OC(C)C)C(c2ccc(OCCC)c(OC)c2)NC(=O)N1. The topological polar surface area (TPSA) is 85.9 Å². The summed E-state index contributed by atoms with van der Waals surface area (Å²) in [5, 5.41) is 5.65. The molecule has 0 bridgehead atoms. The van der Waals surface area contributed by atoms with Crippen LogP contribution in [0, 0.1) is 0 Å². The van der Waals surface area contributed by atoms with Crippen molar-refractivity contribution in [1.29, 1.82) is 0 Å². The standard InChI is InChI=1S/C22H32N2O5/c1-6-8-9-16-19(21(25)29-14(3)4)20(24-22(26)23-16)15-10-11-17(28-12-7-2)18(13-15)27-5/h10-11,13-14,20H,6-9,12H2,1-5H3,(H2,23,24,26). The van der Waals surface area contributed by atoms with Gasteiger partial charge in [-0.05, 0) is 50.8 Å². The molecule has 1 atom stereocenters. The fraction of sp³-hybridized carbons (Fsp3) is 0.545. The highest BCUT2D eigenvalue weighted by molar-refractivity contribution is 5.95. The van der Waals surface area contributed by atoms with Crippen LogP contribution in [0.3, 0.4) is 0 Å². The Balaban J connectivity index is 2.48. The highest BCUT2D eigenvalue weighted by Gasteiger charge is 2.34. The maximum absolute atomic E-state index is 12.9. The Bertz CT molecular complexity index is 758. The molecule has 0 saturated heterocycles. The Morgan fingerprint density at radius 1 is 1.17 bits per heavy atom. The summed E-state index contributed by atoms with van der Waals surface area (Å²) in [6.45, 7) is 8.27. The number of rotatable bonds is 10. The van der Waals surface area contributed by atoms with E-state index in [1.807, 2.05) is 13.0 Å². The normalized spacial score (nSPS) is 16.3. The molecule has 0 saturated carbocycles. The summed E-state index contributed by atoms with van der Waals surface area (Å²) in [7, 11) is 1.56. The minimum atomic E-state index is -0.629. The predicted molar refractivity (Wildman–Crippen MR) is 111 cm³/mol. The van der Waals surface area contributed by atoms with E-state index in [2.05, 4.69) is 17.6 Å². The number of urea groups is 1. The monoisotopic (exact) mass is 404 g/mol. The lowest BCUT2D eigenvalue weighted by molar-refractivity contribution is -0.143. The Hall–Kier alpha value is -2.70. The van der Waals surface area contributed by atoms with Crippen LogP contribution in [0.2, 0.25) is 0 Å². The number of carbonyl (C=O) groups is 2. The first-order valence-corrected chi connectivity index (χ1v) is 10.2. The summed E-state index contributed by atoms with van der Waals surface area (Å²) in [6, 6.07) is 4.46. The Morgan fingerprint density at radius 3 is 2.55 bits per heavy atom. The average molecular weight is 405 g/mol. The number of esters is 1. The summed E-state index contributed by atoms with van der Waals surface area (Å²) in [4.78, 5) is 25.2. The maximum atomic E-state index is 12.9. The molecule has 2 N–H and O–H groups in total. The predicted octanol–water partition coefficient (Wildman–Crippen LogP) is 4.23. The van der Waals surface area contributed by atoms with Gasteiger partial charge in [-0.3, -0.25) is 0 Å². The van der Waals surface area contributed by atoms with Crippen molar-refractivity contribution in [3.63, 3.8) is 0 Å². The second-order valence-electron chi connectivity index (χ2n) is 7.24. The van der Waals surface area contributed by atoms with Gasteiger partial charge >= 0.3 is 12.0 Å². The molecule has 7 heteroatoms. The number of hydrogen-bond acceptors (Lipinski definition) is 5. The van der Waals surface area contributed by atoms with E-state index in [1.165, 1.54) is 0 Å². The number of unbranched alkanes of at least 4 members (excludes halogenated alkanes) is 1. The molecule has 1 aromatic rings. The van der Waals surface area contributed by atoms with Crippen LogP contribution >= 0.6 is 0 Å². The second kappa shape index (κ2) is 10.7. The molecule has 1 aromatic carbocycles. The van der Waals surface area contributed by atoms with Gasteiger partial charge in [0.25, 0.3) is 0 Å². The minimum absolute atomic E-state index is 0.264. The van der Waals surface area contributed by atoms with Crippen molar-refractivity contribution < 1.29 is 23.8 Å². The Kier molecular flexibility index (Phi) is 8.36. The first-order chi connectivity index (χ1) is 13.9. The van der Waals surface area contributed by atoms with E-state index in [1.54, 1.807) is 33.1 Å². The number of nitrogens with one attached hydrogen (secondary N) is 2. The first kappa shape index (κ1) is 22.6. The largest absolute Gasteiger partial charge is 0.493 e. The smallest absolute Gasteiger partial charge is 0.338 e. The second-order valence-corrected chi connectivity index (χ2v) is 7.24. The molecule has 0 aromatic heterocycles. The van der Waals surface area contributed by atoms with Crippen LogP contribution in [-0.2, 0) is 9.53 Å². The summed E-state index contributed by atoms with van der Waals surface area (Å²) in [5.41, 5.74) is 1.76. The van der Waals surface area contributed by atoms with E-state index in [0.717, 1.165) is 24.8 Å². The van der Waals surface area contributed by atoms with Gasteiger partial charge in [-0.25, -0.2) is 9.59 Å². The zero-order valence-corrected chi connectivity index (χ0v) is 18.0. The van der Waals surface area contributed by atoms with Gasteiger partial charge in [-0.2, -0.15) is 0 Å². The molecule has 0 radical (unpaired) electrons. The number of amides is 2. The van der Waals surface area contributed by atoms with Gasteiger partial charge < -0.3 is 24.8 Å². The van der Waals surface area contributed by atoms with E-state index in [9.17, 15) is 9.59 Å². The van der Waals surface area contributed by atoms with E-state index >= 15 is 0 Å². The van der Waals surface area contributed by atoms with Crippen LogP contribution in [0.4, 0.5) is 4.79 Å². The van der Waals surface area contributed by atoms with Crippen molar-refractivity contribution in [2.45, 2.75) is 65.5 Å². The molecular formula is C22H32N2O5. The molecule has 1 aliphatic heterocycles. The molecule has 0 spiro atoms. The van der Waals surface area contributed by atoms with Crippen LogP contribution in [0.5, 0.6) is 11.5 Å². The van der Waals surface area contributed by atoms with Gasteiger partial charge in [0, 0.05) is 5.70 Å². The van der Waals surface area contributed by atoms with Crippen LogP contribution < -0.4 is 20.1 Å². The van der Waals surface area contributed by atoms with Crippen molar-refractivity contribution in [3.05, 3.63) is 35.0 Å². The van der Waals surface area contributed by atoms with Crippen LogP contribution in [0.25, 0.3) is 0 Å². The Morgan fingerprint density at radius 2 is 1.93 bits per heavy atom. The van der Waals surface area contributed by atoms with Crippen molar-refractivity contribution in [2.75, 3.05) is 13.7 Å². The maximum Gasteiger partial charge on any atom is 0.338 e. The van der Waals surface area contributed by atoms with Gasteiger partial charge in [0.05, 0.1) is 31.4 Å². The molecule has 0 fully saturated rings. The summed E-state index contributed by atoms with van der Waals surface area (Å²) in [6.07, 6.45) is 3.01. The quantitative estimate of drug-likeness (QED) is 0.570. The number of benzene rings is 1. The number of allylic oxidation sites excluding steroid dienone is 1. The minimum Gasteiger partial charge on any atom is -0.493 e. The Labute approximate surface area is 172 Å². The molecule has 160 valence electrons. The molecule has 7 nitrogen and oxygen atoms in total. The third-order valence-electron chi connectivity index (χ3n) is 4.48. The molecule has 0 aliphatic carbocycles. The third kappa shape index (κ3) is 5.89. The van der Waals surface area contributed by atoms with E-state index in [-0.39, 0.29) is 12.1 Å². The van der Waals surface area contributed by atoms with E-state index < -0.39 is 12.0 Å². The van der Waals surface area contributed by atoms with Crippen LogP contribution in [0.1, 0.15) is 65.0 Å². The van der Waals surface area contributed by atoms with Gasteiger partial charge in [-0.15, -0.1) is 0 Å². The zero-order chi connectivity index (χ0) is 21.4. The van der Waals surface area contributed by atoms with Crippen LogP contribution in [0.15, 0.2) is 29.5 Å². The lowest BCUT2D eigenvalue weighted by Crippen LogP contribution is -2.46. The molecule has 1 unspecified atom stereocenters. The van der Waals surface area contributed by atoms with E-state index in [0.29, 0.717) is 35.8 Å². The van der Waals surface area contributed by atoms with Gasteiger partial charge in [0.2, 0.25) is 0 Å². The molecule has 1 heterocycles. The molecule has 2 rings (SSSR count). The zero-order valence-electron chi connectivity index (χ0n) is 18.0. The van der Waals surface area contributed by atoms with Crippen molar-refractivity contribution in [3.8, 4) is 11.5 Å². The molecular weight excluding hydrogens is 372 g/mol. The first-order valence-electron chi connectivity index (χ1n) is 10.2. The lowest BCUT2D eigenvalue weighted by atomic mass is 9.93. The molecule has 1 aliphatic rings. The lowest BCUT2D eigenvalue weighted by Gasteiger charge is -2.30. The highest BCUT2D eigenvalue weighted by Crippen LogP contribution is 2.35. The third-order valence-corrected chi connectivity index (χ3v) is 4.48. The van der Waals surface area contributed by atoms with Gasteiger partial charge in [0.15, 0.2) is 11.5 Å². The highest BCUT2D eigenvalue weighted by atomic mass is 16.5. The number of methoxy groups -OCH3 is 1. The van der Waals surface area contributed by atoms with Crippen molar-refractivity contribution in [2.24, 2.45) is 0 Å². The van der Waals surface area contributed by atoms with Gasteiger partial charge in [0.1, 0.15) is 0 Å².